The van der Waals surface area contributed by atoms with Crippen LogP contribution >= 0.6 is 0 Å². The highest BCUT2D eigenvalue weighted by Gasteiger charge is 2.14. The number of nitrogens with one attached hydrogen (secondary N) is 1. The summed E-state index contributed by atoms with van der Waals surface area (Å²) in [4.78, 5) is 15.9. The third kappa shape index (κ3) is 0.826. The lowest BCUT2D eigenvalue weighted by Gasteiger charge is -1.88. The molecule has 0 saturated heterocycles. The average Bonchev–Trinajstić information content (AvgIpc) is 2.83. The molecule has 0 aliphatic heterocycles. The van der Waals surface area contributed by atoms with Crippen LogP contribution in [0.5, 0.6) is 0 Å². The van der Waals surface area contributed by atoms with Crippen molar-refractivity contribution in [3.63, 3.8) is 0 Å². The predicted molar refractivity (Wildman–Crippen MR) is 59.0 cm³/mol. The van der Waals surface area contributed by atoms with E-state index in [0.29, 0.717) is 11.4 Å². The highest BCUT2D eigenvalue weighted by Crippen LogP contribution is 2.30. The van der Waals surface area contributed by atoms with Crippen LogP contribution in [0.25, 0.3) is 33.4 Å². The number of fused-ring (bicyclic) bond motifs is 5. The van der Waals surface area contributed by atoms with Crippen LogP contribution in [0.2, 0.25) is 0 Å². The zero-order valence-corrected chi connectivity index (χ0v) is 8.14. The van der Waals surface area contributed by atoms with E-state index in [0.717, 1.165) is 21.9 Å². The molecule has 5 nitrogen and oxygen atoms in total. The van der Waals surface area contributed by atoms with Gasteiger partial charge in [0, 0.05) is 18.6 Å². The summed E-state index contributed by atoms with van der Waals surface area (Å²) in [5, 5.41) is 0.902. The second-order valence-corrected chi connectivity index (χ2v) is 3.54. The molecule has 0 spiro atoms. The van der Waals surface area contributed by atoms with Crippen LogP contribution in [0.15, 0.2) is 35.1 Å². The van der Waals surface area contributed by atoms with E-state index in [2.05, 4.69) is 19.9 Å². The van der Waals surface area contributed by atoms with Gasteiger partial charge >= 0.3 is 0 Å². The molecule has 0 atom stereocenters. The van der Waals surface area contributed by atoms with Gasteiger partial charge in [-0.05, 0) is 12.1 Å². The molecule has 4 aromatic rings. The predicted octanol–water partition coefficient (Wildman–Crippen LogP) is 2.25. The lowest BCUT2D eigenvalue weighted by Crippen LogP contribution is -1.77. The molecule has 4 heterocycles. The standard InChI is InChI=1S/C11H6N4O/c1-2-6-8(12-3-1)7-9-11(14-5-4-13-9)16-10(7)15-6/h1-5,15H. The van der Waals surface area contributed by atoms with Crippen LogP contribution < -0.4 is 0 Å². The fourth-order valence-corrected chi connectivity index (χ4v) is 1.96. The summed E-state index contributed by atoms with van der Waals surface area (Å²) in [6, 6.07) is 3.84. The van der Waals surface area contributed by atoms with E-state index in [1.165, 1.54) is 0 Å². The van der Waals surface area contributed by atoms with E-state index in [1.54, 1.807) is 18.6 Å². The molecule has 0 amide bonds. The first-order chi connectivity index (χ1) is 7.93. The largest absolute Gasteiger partial charge is 0.420 e. The number of aromatic amines is 1. The molecule has 4 aromatic heterocycles. The van der Waals surface area contributed by atoms with E-state index in [9.17, 15) is 0 Å². The van der Waals surface area contributed by atoms with Gasteiger partial charge < -0.3 is 9.40 Å². The van der Waals surface area contributed by atoms with Crippen molar-refractivity contribution in [1.29, 1.82) is 0 Å². The molecule has 1 N–H and O–H groups in total. The van der Waals surface area contributed by atoms with E-state index in [4.69, 9.17) is 4.42 Å². The van der Waals surface area contributed by atoms with Crippen LogP contribution in [0.3, 0.4) is 0 Å². The first-order valence-electron chi connectivity index (χ1n) is 4.89. The molecular weight excluding hydrogens is 204 g/mol. The number of aromatic nitrogens is 4. The summed E-state index contributed by atoms with van der Waals surface area (Å²) in [6.07, 6.45) is 5.02. The number of nitrogens with zero attached hydrogens (tertiary/aromatic N) is 3. The molecule has 0 bridgehead atoms. The maximum Gasteiger partial charge on any atom is 0.248 e. The Bertz CT molecular complexity index is 749. The van der Waals surface area contributed by atoms with Gasteiger partial charge in [-0.25, -0.2) is 9.97 Å². The van der Waals surface area contributed by atoms with Gasteiger partial charge in [0.15, 0.2) is 0 Å². The first-order valence-corrected chi connectivity index (χ1v) is 4.89. The van der Waals surface area contributed by atoms with Crippen LogP contribution in [0, 0.1) is 0 Å². The average molecular weight is 210 g/mol. The molecule has 0 unspecified atom stereocenters. The molecule has 0 aliphatic rings. The lowest BCUT2D eigenvalue weighted by atomic mass is 10.3. The van der Waals surface area contributed by atoms with Gasteiger partial charge in [0.2, 0.25) is 11.4 Å². The molecule has 0 aliphatic carbocycles. The topological polar surface area (TPSA) is 67.6 Å². The first kappa shape index (κ1) is 7.81. The zero-order valence-electron chi connectivity index (χ0n) is 8.14. The van der Waals surface area contributed by atoms with E-state index < -0.39 is 0 Å². The highest BCUT2D eigenvalue weighted by molar-refractivity contribution is 6.14. The Balaban J connectivity index is 2.38. The number of furan rings is 1. The number of rotatable bonds is 0. The van der Waals surface area contributed by atoms with Gasteiger partial charge in [0.1, 0.15) is 11.0 Å². The monoisotopic (exact) mass is 210 g/mol. The normalized spacial score (nSPS) is 11.8. The Kier molecular flexibility index (Phi) is 1.26. The minimum atomic E-state index is 0.538. The van der Waals surface area contributed by atoms with Gasteiger partial charge in [-0.3, -0.25) is 4.98 Å². The Labute approximate surface area is 89.1 Å². The van der Waals surface area contributed by atoms with Crippen molar-refractivity contribution in [3.8, 4) is 0 Å². The minimum absolute atomic E-state index is 0.538. The summed E-state index contributed by atoms with van der Waals surface area (Å²) < 4.78 is 5.57. The molecule has 4 rings (SSSR count). The van der Waals surface area contributed by atoms with Crippen LogP contribution in [-0.2, 0) is 0 Å². The number of hydrogen-bond acceptors (Lipinski definition) is 4. The van der Waals surface area contributed by atoms with E-state index in [1.807, 2.05) is 12.1 Å². The number of pyridine rings is 1. The van der Waals surface area contributed by atoms with Gasteiger partial charge in [0.05, 0.1) is 10.9 Å². The third-order valence-electron chi connectivity index (χ3n) is 2.62. The zero-order chi connectivity index (χ0) is 10.5. The van der Waals surface area contributed by atoms with E-state index >= 15 is 0 Å². The Morgan fingerprint density at radius 3 is 2.88 bits per heavy atom. The molecule has 0 aromatic carbocycles. The molecule has 16 heavy (non-hydrogen) atoms. The molecule has 76 valence electrons. The summed E-state index contributed by atoms with van der Waals surface area (Å²) in [5.41, 5.74) is 3.79. The van der Waals surface area contributed by atoms with Crippen LogP contribution in [0.4, 0.5) is 0 Å². The maximum atomic E-state index is 5.57. The van der Waals surface area contributed by atoms with Crippen molar-refractivity contribution in [2.75, 3.05) is 0 Å². The SMILES string of the molecule is c1cnc2c(c1)[nH]c1oc3nccnc3c12. The van der Waals surface area contributed by atoms with Crippen molar-refractivity contribution >= 4 is 33.4 Å². The highest BCUT2D eigenvalue weighted by atomic mass is 16.3. The maximum absolute atomic E-state index is 5.57. The minimum Gasteiger partial charge on any atom is -0.420 e. The van der Waals surface area contributed by atoms with E-state index in [-0.39, 0.29) is 0 Å². The molecule has 0 radical (unpaired) electrons. The Morgan fingerprint density at radius 2 is 1.88 bits per heavy atom. The second kappa shape index (κ2) is 2.57. The molecule has 5 heteroatoms. The van der Waals surface area contributed by atoms with Gasteiger partial charge in [-0.15, -0.1) is 0 Å². The summed E-state index contributed by atoms with van der Waals surface area (Å²) in [5.74, 6) is 0. The van der Waals surface area contributed by atoms with Gasteiger partial charge in [0.25, 0.3) is 0 Å². The van der Waals surface area contributed by atoms with Crippen molar-refractivity contribution < 1.29 is 4.42 Å². The van der Waals surface area contributed by atoms with Crippen molar-refractivity contribution in [2.45, 2.75) is 0 Å². The molecule has 0 fully saturated rings. The fraction of sp³-hybridized carbons (Fsp3) is 0. The van der Waals surface area contributed by atoms with Gasteiger partial charge in [-0.2, -0.15) is 0 Å². The summed E-state index contributed by atoms with van der Waals surface area (Å²) >= 11 is 0. The van der Waals surface area contributed by atoms with Crippen molar-refractivity contribution in [3.05, 3.63) is 30.7 Å². The summed E-state index contributed by atoms with van der Waals surface area (Å²) in [7, 11) is 0. The Morgan fingerprint density at radius 1 is 1.00 bits per heavy atom. The number of H-pyrrole nitrogens is 1. The molecular formula is C11H6N4O. The van der Waals surface area contributed by atoms with Crippen LogP contribution in [0.1, 0.15) is 0 Å². The van der Waals surface area contributed by atoms with Gasteiger partial charge in [-0.1, -0.05) is 0 Å². The second-order valence-electron chi connectivity index (χ2n) is 3.54. The smallest absolute Gasteiger partial charge is 0.248 e. The number of hydrogen-bond donors (Lipinski definition) is 1. The van der Waals surface area contributed by atoms with Crippen molar-refractivity contribution in [2.24, 2.45) is 0 Å². The Hall–Kier alpha value is -2.43. The lowest BCUT2D eigenvalue weighted by molar-refractivity contribution is 0.642. The molecule has 0 saturated carbocycles. The third-order valence-corrected chi connectivity index (χ3v) is 2.62. The van der Waals surface area contributed by atoms with Crippen LogP contribution in [-0.4, -0.2) is 19.9 Å². The summed E-state index contributed by atoms with van der Waals surface area (Å²) in [6.45, 7) is 0. The fourth-order valence-electron chi connectivity index (χ4n) is 1.96. The quantitative estimate of drug-likeness (QED) is 0.483. The van der Waals surface area contributed by atoms with Crippen molar-refractivity contribution in [1.82, 2.24) is 19.9 Å².